The van der Waals surface area contributed by atoms with Crippen molar-refractivity contribution in [3.8, 4) is 0 Å². The van der Waals surface area contributed by atoms with Crippen LogP contribution in [0, 0.1) is 5.92 Å². The van der Waals surface area contributed by atoms with E-state index in [0.717, 1.165) is 37.0 Å². The first-order valence-electron chi connectivity index (χ1n) is 6.01. The highest BCUT2D eigenvalue weighted by Gasteiger charge is 2.19. The molecule has 16 heavy (non-hydrogen) atoms. The van der Waals surface area contributed by atoms with Crippen molar-refractivity contribution < 1.29 is 0 Å². The Hall–Kier alpha value is -0.730. The molecule has 0 aliphatic carbocycles. The molecular formula is C13H19ClN2. The van der Waals surface area contributed by atoms with Gasteiger partial charge in [0.25, 0.3) is 0 Å². The van der Waals surface area contributed by atoms with Crippen molar-refractivity contribution in [2.24, 2.45) is 11.7 Å². The summed E-state index contributed by atoms with van der Waals surface area (Å²) >= 11 is 6.19. The van der Waals surface area contributed by atoms with Crippen LogP contribution in [0.3, 0.4) is 0 Å². The van der Waals surface area contributed by atoms with Crippen LogP contribution in [0.15, 0.2) is 24.3 Å². The average Bonchev–Trinajstić information content (AvgIpc) is 2.31. The largest absolute Gasteiger partial charge is 0.370 e. The molecule has 1 saturated heterocycles. The standard InChI is InChI=1S/C13H19ClN2/c14-12-3-1-2-4-13(12)16-9-6-11(5-8-15)7-10-16/h1-4,11H,5-10,15H2. The van der Waals surface area contributed by atoms with Crippen molar-refractivity contribution in [1.29, 1.82) is 0 Å². The minimum Gasteiger partial charge on any atom is -0.370 e. The van der Waals surface area contributed by atoms with Crippen LogP contribution in [-0.2, 0) is 0 Å². The van der Waals surface area contributed by atoms with E-state index in [1.807, 2.05) is 18.2 Å². The molecule has 1 aliphatic heterocycles. The maximum absolute atomic E-state index is 6.19. The third-order valence-electron chi connectivity index (χ3n) is 3.38. The lowest BCUT2D eigenvalue weighted by Gasteiger charge is -2.34. The quantitative estimate of drug-likeness (QED) is 0.878. The Morgan fingerprint density at radius 2 is 1.94 bits per heavy atom. The number of nitrogens with two attached hydrogens (primary N) is 1. The average molecular weight is 239 g/mol. The van der Waals surface area contributed by atoms with E-state index in [2.05, 4.69) is 11.0 Å². The third-order valence-corrected chi connectivity index (χ3v) is 3.70. The lowest BCUT2D eigenvalue weighted by Crippen LogP contribution is -2.34. The number of halogens is 1. The van der Waals surface area contributed by atoms with Gasteiger partial charge in [-0.05, 0) is 43.9 Å². The third kappa shape index (κ3) is 2.69. The number of rotatable bonds is 3. The van der Waals surface area contributed by atoms with Gasteiger partial charge >= 0.3 is 0 Å². The van der Waals surface area contributed by atoms with Gasteiger partial charge in [-0.25, -0.2) is 0 Å². The predicted octanol–water partition coefficient (Wildman–Crippen LogP) is 2.91. The molecule has 2 rings (SSSR count). The van der Waals surface area contributed by atoms with Crippen LogP contribution < -0.4 is 10.6 Å². The number of benzene rings is 1. The van der Waals surface area contributed by atoms with Crippen LogP contribution >= 0.6 is 11.6 Å². The molecule has 1 aromatic rings. The highest BCUT2D eigenvalue weighted by atomic mass is 35.5. The fourth-order valence-corrected chi connectivity index (χ4v) is 2.66. The van der Waals surface area contributed by atoms with Gasteiger partial charge in [-0.15, -0.1) is 0 Å². The summed E-state index contributed by atoms with van der Waals surface area (Å²) in [5, 5.41) is 0.861. The predicted molar refractivity (Wildman–Crippen MR) is 70.1 cm³/mol. The highest BCUT2D eigenvalue weighted by Crippen LogP contribution is 2.29. The maximum Gasteiger partial charge on any atom is 0.0639 e. The maximum atomic E-state index is 6.19. The Morgan fingerprint density at radius 1 is 1.25 bits per heavy atom. The van der Waals surface area contributed by atoms with E-state index in [0.29, 0.717) is 0 Å². The first-order valence-corrected chi connectivity index (χ1v) is 6.38. The Kier molecular flexibility index (Phi) is 4.08. The molecule has 3 heteroatoms. The first-order chi connectivity index (χ1) is 7.81. The van der Waals surface area contributed by atoms with Gasteiger partial charge in [0.05, 0.1) is 10.7 Å². The zero-order chi connectivity index (χ0) is 11.4. The van der Waals surface area contributed by atoms with Gasteiger partial charge in [0.2, 0.25) is 0 Å². The number of hydrogen-bond donors (Lipinski definition) is 1. The Labute approximate surface area is 102 Å². The molecular weight excluding hydrogens is 220 g/mol. The summed E-state index contributed by atoms with van der Waals surface area (Å²) in [5.74, 6) is 0.809. The summed E-state index contributed by atoms with van der Waals surface area (Å²) < 4.78 is 0. The van der Waals surface area contributed by atoms with Crippen molar-refractivity contribution in [1.82, 2.24) is 0 Å². The molecule has 0 bridgehead atoms. The molecule has 1 aliphatic rings. The molecule has 0 amide bonds. The summed E-state index contributed by atoms with van der Waals surface area (Å²) in [5.41, 5.74) is 6.77. The van der Waals surface area contributed by atoms with E-state index < -0.39 is 0 Å². The van der Waals surface area contributed by atoms with Crippen molar-refractivity contribution in [3.05, 3.63) is 29.3 Å². The van der Waals surface area contributed by atoms with Crippen molar-refractivity contribution in [3.63, 3.8) is 0 Å². The summed E-state index contributed by atoms with van der Waals surface area (Å²) in [6.07, 6.45) is 3.64. The van der Waals surface area contributed by atoms with Gasteiger partial charge in [0, 0.05) is 13.1 Å². The summed E-state index contributed by atoms with van der Waals surface area (Å²) in [7, 11) is 0. The molecule has 0 radical (unpaired) electrons. The van der Waals surface area contributed by atoms with E-state index in [9.17, 15) is 0 Å². The van der Waals surface area contributed by atoms with Crippen molar-refractivity contribution >= 4 is 17.3 Å². The second-order valence-corrected chi connectivity index (χ2v) is 4.87. The zero-order valence-corrected chi connectivity index (χ0v) is 10.3. The second-order valence-electron chi connectivity index (χ2n) is 4.46. The normalized spacial score (nSPS) is 17.8. The molecule has 1 aromatic carbocycles. The van der Waals surface area contributed by atoms with Crippen LogP contribution in [-0.4, -0.2) is 19.6 Å². The van der Waals surface area contributed by atoms with E-state index in [1.165, 1.54) is 18.5 Å². The van der Waals surface area contributed by atoms with E-state index in [-0.39, 0.29) is 0 Å². The smallest absolute Gasteiger partial charge is 0.0639 e. The van der Waals surface area contributed by atoms with Crippen LogP contribution in [0.5, 0.6) is 0 Å². The molecule has 0 aromatic heterocycles. The SMILES string of the molecule is NCCC1CCN(c2ccccc2Cl)CC1. The monoisotopic (exact) mass is 238 g/mol. The van der Waals surface area contributed by atoms with E-state index in [4.69, 9.17) is 17.3 Å². The number of hydrogen-bond acceptors (Lipinski definition) is 2. The van der Waals surface area contributed by atoms with Gasteiger partial charge < -0.3 is 10.6 Å². The Bertz CT molecular complexity index is 332. The van der Waals surface area contributed by atoms with Gasteiger partial charge in [-0.3, -0.25) is 0 Å². The van der Waals surface area contributed by atoms with Gasteiger partial charge in [-0.2, -0.15) is 0 Å². The first kappa shape index (κ1) is 11.7. The summed E-state index contributed by atoms with van der Waals surface area (Å²) in [6.45, 7) is 3.03. The zero-order valence-electron chi connectivity index (χ0n) is 9.53. The van der Waals surface area contributed by atoms with Gasteiger partial charge in [0.15, 0.2) is 0 Å². The molecule has 88 valence electrons. The van der Waals surface area contributed by atoms with E-state index >= 15 is 0 Å². The highest BCUT2D eigenvalue weighted by molar-refractivity contribution is 6.33. The minimum absolute atomic E-state index is 0.809. The number of piperidine rings is 1. The summed E-state index contributed by atoms with van der Waals surface area (Å²) in [6, 6.07) is 8.09. The molecule has 0 spiro atoms. The van der Waals surface area contributed by atoms with Crippen molar-refractivity contribution in [2.45, 2.75) is 19.3 Å². The molecule has 0 saturated carbocycles. The summed E-state index contributed by atoms with van der Waals surface area (Å²) in [4.78, 5) is 2.38. The van der Waals surface area contributed by atoms with Crippen LogP contribution in [0.4, 0.5) is 5.69 Å². The fourth-order valence-electron chi connectivity index (χ4n) is 2.41. The number of nitrogens with zero attached hydrogens (tertiary/aromatic N) is 1. The van der Waals surface area contributed by atoms with Gasteiger partial charge in [-0.1, -0.05) is 23.7 Å². The molecule has 2 nitrogen and oxygen atoms in total. The number of anilines is 1. The molecule has 2 N–H and O–H groups in total. The molecule has 0 unspecified atom stereocenters. The van der Waals surface area contributed by atoms with Crippen LogP contribution in [0.2, 0.25) is 5.02 Å². The lowest BCUT2D eigenvalue weighted by atomic mass is 9.93. The molecule has 0 atom stereocenters. The Balaban J connectivity index is 1.96. The molecule has 1 fully saturated rings. The van der Waals surface area contributed by atoms with Crippen molar-refractivity contribution in [2.75, 3.05) is 24.5 Å². The van der Waals surface area contributed by atoms with Crippen LogP contribution in [0.1, 0.15) is 19.3 Å². The Morgan fingerprint density at radius 3 is 2.56 bits per heavy atom. The molecule has 1 heterocycles. The van der Waals surface area contributed by atoms with Gasteiger partial charge in [0.1, 0.15) is 0 Å². The fraction of sp³-hybridized carbons (Fsp3) is 0.538. The number of para-hydroxylation sites is 1. The van der Waals surface area contributed by atoms with Crippen LogP contribution in [0.25, 0.3) is 0 Å². The topological polar surface area (TPSA) is 29.3 Å². The van der Waals surface area contributed by atoms with E-state index in [1.54, 1.807) is 0 Å². The lowest BCUT2D eigenvalue weighted by molar-refractivity contribution is 0.386. The second kappa shape index (κ2) is 5.55. The minimum atomic E-state index is 0.809.